The lowest BCUT2D eigenvalue weighted by molar-refractivity contribution is -0.129. The van der Waals surface area contributed by atoms with Crippen LogP contribution in [0.5, 0.6) is 0 Å². The van der Waals surface area contributed by atoms with E-state index in [2.05, 4.69) is 15.5 Å². The number of rotatable bonds is 4. The molecule has 0 saturated carbocycles. The van der Waals surface area contributed by atoms with Gasteiger partial charge in [-0.25, -0.2) is 5.43 Å². The predicted octanol–water partition coefficient (Wildman–Crippen LogP) is 1.27. The minimum absolute atomic E-state index is 0.521. The molecule has 5 heteroatoms. The van der Waals surface area contributed by atoms with Crippen LogP contribution in [0.3, 0.4) is 0 Å². The molecule has 0 aliphatic heterocycles. The van der Waals surface area contributed by atoms with Gasteiger partial charge in [-0.15, -0.1) is 0 Å². The van der Waals surface area contributed by atoms with E-state index in [1.165, 1.54) is 6.21 Å². The monoisotopic (exact) mass is 255 g/mol. The summed E-state index contributed by atoms with van der Waals surface area (Å²) in [6.45, 7) is 0. The van der Waals surface area contributed by atoms with Gasteiger partial charge in [0.15, 0.2) is 6.10 Å². The Morgan fingerprint density at radius 3 is 2.63 bits per heavy atom. The molecule has 1 heterocycles. The zero-order valence-corrected chi connectivity index (χ0v) is 10.1. The summed E-state index contributed by atoms with van der Waals surface area (Å²) >= 11 is 0. The highest BCUT2D eigenvalue weighted by Gasteiger charge is 2.15. The van der Waals surface area contributed by atoms with Crippen LogP contribution < -0.4 is 5.43 Å². The Morgan fingerprint density at radius 1 is 1.21 bits per heavy atom. The molecular formula is C14H13N3O2. The van der Waals surface area contributed by atoms with Crippen molar-refractivity contribution in [3.05, 3.63) is 66.0 Å². The first-order chi connectivity index (χ1) is 9.27. The summed E-state index contributed by atoms with van der Waals surface area (Å²) in [5.41, 5.74) is 3.41. The molecule has 5 nitrogen and oxygen atoms in total. The topological polar surface area (TPSA) is 74.6 Å². The third-order valence-corrected chi connectivity index (χ3v) is 2.42. The van der Waals surface area contributed by atoms with E-state index < -0.39 is 12.0 Å². The smallest absolute Gasteiger partial charge is 0.273 e. The van der Waals surface area contributed by atoms with Gasteiger partial charge in [0.25, 0.3) is 5.91 Å². The van der Waals surface area contributed by atoms with E-state index in [1.54, 1.807) is 42.6 Å². The molecule has 2 rings (SSSR count). The van der Waals surface area contributed by atoms with Crippen molar-refractivity contribution in [2.75, 3.05) is 0 Å². The Kier molecular flexibility index (Phi) is 4.36. The van der Waals surface area contributed by atoms with Gasteiger partial charge < -0.3 is 5.11 Å². The van der Waals surface area contributed by atoms with E-state index in [0.29, 0.717) is 11.3 Å². The number of pyridine rings is 1. The molecule has 1 amide bonds. The summed E-state index contributed by atoms with van der Waals surface area (Å²) in [5.74, 6) is -0.585. The number of nitrogens with zero attached hydrogens (tertiary/aromatic N) is 2. The lowest BCUT2D eigenvalue weighted by atomic mass is 10.1. The Labute approximate surface area is 110 Å². The average molecular weight is 255 g/mol. The summed E-state index contributed by atoms with van der Waals surface area (Å²) < 4.78 is 0. The summed E-state index contributed by atoms with van der Waals surface area (Å²) in [4.78, 5) is 15.7. The fourth-order valence-corrected chi connectivity index (χ4v) is 1.46. The standard InChI is InChI=1S/C14H13N3O2/c18-13(11-6-2-1-3-7-11)14(19)17-16-10-12-8-4-5-9-15-12/h1-10,13,18H,(H,17,19)/b16-10-/t13-/m0/s1. The molecule has 1 aromatic heterocycles. The van der Waals surface area contributed by atoms with Crippen LogP contribution in [-0.4, -0.2) is 22.2 Å². The number of hydrazone groups is 1. The first kappa shape index (κ1) is 12.9. The molecular weight excluding hydrogens is 242 g/mol. The van der Waals surface area contributed by atoms with Crippen LogP contribution in [0.1, 0.15) is 17.4 Å². The largest absolute Gasteiger partial charge is 0.378 e. The van der Waals surface area contributed by atoms with E-state index in [1.807, 2.05) is 12.1 Å². The van der Waals surface area contributed by atoms with Crippen molar-refractivity contribution in [3.8, 4) is 0 Å². The number of hydrogen-bond acceptors (Lipinski definition) is 4. The SMILES string of the molecule is O=C(N/N=C\c1ccccn1)[C@@H](O)c1ccccc1. The second-order valence-corrected chi connectivity index (χ2v) is 3.80. The number of nitrogens with one attached hydrogen (secondary N) is 1. The quantitative estimate of drug-likeness (QED) is 0.638. The maximum Gasteiger partial charge on any atom is 0.273 e. The van der Waals surface area contributed by atoms with E-state index >= 15 is 0 Å². The van der Waals surface area contributed by atoms with Crippen molar-refractivity contribution in [3.63, 3.8) is 0 Å². The normalized spacial score (nSPS) is 12.3. The maximum absolute atomic E-state index is 11.6. The maximum atomic E-state index is 11.6. The minimum atomic E-state index is -1.23. The molecule has 1 atom stereocenters. The van der Waals surface area contributed by atoms with E-state index in [-0.39, 0.29) is 0 Å². The first-order valence-electron chi connectivity index (χ1n) is 5.74. The van der Waals surface area contributed by atoms with Crippen molar-refractivity contribution in [1.82, 2.24) is 10.4 Å². The average Bonchev–Trinajstić information content (AvgIpc) is 2.48. The van der Waals surface area contributed by atoms with Gasteiger partial charge in [0.1, 0.15) is 0 Å². The van der Waals surface area contributed by atoms with Crippen LogP contribution in [0.4, 0.5) is 0 Å². The Morgan fingerprint density at radius 2 is 1.95 bits per heavy atom. The lowest BCUT2D eigenvalue weighted by Gasteiger charge is -2.08. The molecule has 0 aliphatic rings. The third kappa shape index (κ3) is 3.72. The van der Waals surface area contributed by atoms with Gasteiger partial charge in [-0.05, 0) is 17.7 Å². The van der Waals surface area contributed by atoms with Crippen molar-refractivity contribution in [2.24, 2.45) is 5.10 Å². The molecule has 0 spiro atoms. The third-order valence-electron chi connectivity index (χ3n) is 2.42. The highest BCUT2D eigenvalue weighted by Crippen LogP contribution is 2.11. The number of carbonyl (C=O) groups excluding carboxylic acids is 1. The fourth-order valence-electron chi connectivity index (χ4n) is 1.46. The van der Waals surface area contributed by atoms with Gasteiger partial charge in [-0.2, -0.15) is 5.10 Å². The summed E-state index contributed by atoms with van der Waals surface area (Å²) in [5, 5.41) is 13.5. The zero-order valence-electron chi connectivity index (χ0n) is 10.1. The van der Waals surface area contributed by atoms with Crippen LogP contribution in [-0.2, 0) is 4.79 Å². The van der Waals surface area contributed by atoms with Crippen LogP contribution in [0, 0.1) is 0 Å². The van der Waals surface area contributed by atoms with E-state index in [9.17, 15) is 9.90 Å². The van der Waals surface area contributed by atoms with Crippen molar-refractivity contribution in [1.29, 1.82) is 0 Å². The lowest BCUT2D eigenvalue weighted by Crippen LogP contribution is -2.25. The van der Waals surface area contributed by atoms with Gasteiger partial charge in [0.05, 0.1) is 11.9 Å². The summed E-state index contributed by atoms with van der Waals surface area (Å²) in [6, 6.07) is 14.0. The van der Waals surface area contributed by atoms with E-state index in [0.717, 1.165) is 0 Å². The Bertz CT molecular complexity index is 555. The second kappa shape index (κ2) is 6.42. The van der Waals surface area contributed by atoms with E-state index in [4.69, 9.17) is 0 Å². The molecule has 2 N–H and O–H groups in total. The predicted molar refractivity (Wildman–Crippen MR) is 71.4 cm³/mol. The number of aromatic nitrogens is 1. The minimum Gasteiger partial charge on any atom is -0.378 e. The van der Waals surface area contributed by atoms with Crippen LogP contribution in [0.2, 0.25) is 0 Å². The molecule has 2 aromatic rings. The van der Waals surface area contributed by atoms with Gasteiger partial charge >= 0.3 is 0 Å². The summed E-state index contributed by atoms with van der Waals surface area (Å²) in [7, 11) is 0. The highest BCUT2D eigenvalue weighted by molar-refractivity contribution is 5.84. The molecule has 0 aliphatic carbocycles. The molecule has 0 bridgehead atoms. The molecule has 19 heavy (non-hydrogen) atoms. The number of amides is 1. The number of hydrogen-bond donors (Lipinski definition) is 2. The van der Waals surface area contributed by atoms with Crippen molar-refractivity contribution in [2.45, 2.75) is 6.10 Å². The molecule has 96 valence electrons. The molecule has 0 unspecified atom stereocenters. The first-order valence-corrected chi connectivity index (χ1v) is 5.74. The van der Waals surface area contributed by atoms with Gasteiger partial charge in [0, 0.05) is 6.20 Å². The molecule has 1 aromatic carbocycles. The molecule has 0 saturated heterocycles. The van der Waals surface area contributed by atoms with Gasteiger partial charge in [-0.3, -0.25) is 9.78 Å². The Balaban J connectivity index is 1.93. The number of aliphatic hydroxyl groups is 1. The fraction of sp³-hybridized carbons (Fsp3) is 0.0714. The van der Waals surface area contributed by atoms with Gasteiger partial charge in [-0.1, -0.05) is 36.4 Å². The van der Waals surface area contributed by atoms with Crippen LogP contribution >= 0.6 is 0 Å². The van der Waals surface area contributed by atoms with Crippen molar-refractivity contribution < 1.29 is 9.90 Å². The molecule has 0 radical (unpaired) electrons. The second-order valence-electron chi connectivity index (χ2n) is 3.80. The van der Waals surface area contributed by atoms with Gasteiger partial charge in [0.2, 0.25) is 0 Å². The number of benzene rings is 1. The van der Waals surface area contributed by atoms with Crippen LogP contribution in [0.25, 0.3) is 0 Å². The Hall–Kier alpha value is -2.53. The summed E-state index contributed by atoms with van der Waals surface area (Å²) in [6.07, 6.45) is 1.81. The zero-order chi connectivity index (χ0) is 13.5. The number of aliphatic hydroxyl groups excluding tert-OH is 1. The van der Waals surface area contributed by atoms with Crippen molar-refractivity contribution >= 4 is 12.1 Å². The molecule has 0 fully saturated rings. The number of carbonyl (C=O) groups is 1. The highest BCUT2D eigenvalue weighted by atomic mass is 16.3. The van der Waals surface area contributed by atoms with Crippen LogP contribution in [0.15, 0.2) is 59.8 Å².